The molecule has 0 bridgehead atoms. The fourth-order valence-electron chi connectivity index (χ4n) is 4.09. The van der Waals surface area contributed by atoms with Gasteiger partial charge in [0.2, 0.25) is 11.5 Å². The number of alkyl halides is 3. The van der Waals surface area contributed by atoms with Crippen LogP contribution in [0.1, 0.15) is 35.9 Å². The zero-order valence-corrected chi connectivity index (χ0v) is 22.7. The number of aromatic nitrogens is 3. The Kier molecular flexibility index (Phi) is 8.08. The Morgan fingerprint density at radius 1 is 1.13 bits per heavy atom. The van der Waals surface area contributed by atoms with Crippen molar-refractivity contribution in [3.05, 3.63) is 58.6 Å². The summed E-state index contributed by atoms with van der Waals surface area (Å²) in [4.78, 5) is 21.1. The second-order valence-electron chi connectivity index (χ2n) is 9.56. The number of thiazole rings is 1. The van der Waals surface area contributed by atoms with Crippen molar-refractivity contribution >= 4 is 28.6 Å². The van der Waals surface area contributed by atoms with Crippen LogP contribution >= 0.6 is 11.3 Å². The molecule has 4 aromatic rings. The van der Waals surface area contributed by atoms with Gasteiger partial charge in [0.1, 0.15) is 5.75 Å². The number of amides is 1. The van der Waals surface area contributed by atoms with Gasteiger partial charge in [-0.05, 0) is 50.3 Å². The van der Waals surface area contributed by atoms with Gasteiger partial charge in [-0.15, -0.1) is 0 Å². The van der Waals surface area contributed by atoms with E-state index >= 15 is 0 Å². The minimum absolute atomic E-state index is 0.0767. The highest BCUT2D eigenvalue weighted by Gasteiger charge is 2.32. The average Bonchev–Trinajstić information content (AvgIpc) is 3.48. The number of nitrogens with zero attached hydrogens (tertiary/aromatic N) is 5. The van der Waals surface area contributed by atoms with Crippen molar-refractivity contribution in [3.63, 3.8) is 0 Å². The Bertz CT molecular complexity index is 1430. The third kappa shape index (κ3) is 5.83. The summed E-state index contributed by atoms with van der Waals surface area (Å²) < 4.78 is 47.7. The smallest absolute Gasteiger partial charge is 0.416 e. The lowest BCUT2D eigenvalue weighted by Gasteiger charge is -2.19. The summed E-state index contributed by atoms with van der Waals surface area (Å²) in [6, 6.07) is 11.2. The van der Waals surface area contributed by atoms with Gasteiger partial charge in [0, 0.05) is 28.9 Å². The van der Waals surface area contributed by atoms with E-state index in [1.165, 1.54) is 22.3 Å². The van der Waals surface area contributed by atoms with Crippen molar-refractivity contribution in [3.8, 4) is 22.1 Å². The van der Waals surface area contributed by atoms with Crippen molar-refractivity contribution < 1.29 is 22.7 Å². The van der Waals surface area contributed by atoms with Gasteiger partial charge in [-0.2, -0.15) is 18.3 Å². The summed E-state index contributed by atoms with van der Waals surface area (Å²) in [7, 11) is 5.37. The molecule has 7 nitrogen and oxygen atoms in total. The van der Waals surface area contributed by atoms with Crippen molar-refractivity contribution in [2.45, 2.75) is 32.5 Å². The monoisotopic (exact) mass is 545 g/mol. The second-order valence-corrected chi connectivity index (χ2v) is 10.6. The molecule has 4 rings (SSSR count). The van der Waals surface area contributed by atoms with E-state index < -0.39 is 11.7 Å². The molecule has 0 fully saturated rings. The first-order chi connectivity index (χ1) is 18.0. The molecule has 0 spiro atoms. The molecular weight excluding hydrogens is 515 g/mol. The van der Waals surface area contributed by atoms with E-state index in [-0.39, 0.29) is 12.5 Å². The SMILES string of the molecule is COc1cccc(-c2nc(-n3nc(CN(C=O)CCN(C)C)c4cc(C(F)(F)F)ccc43)sc2C(C)C)c1. The molecule has 0 unspecified atom stereocenters. The Morgan fingerprint density at radius 3 is 2.53 bits per heavy atom. The summed E-state index contributed by atoms with van der Waals surface area (Å²) in [6.45, 7) is 5.23. The van der Waals surface area contributed by atoms with Crippen LogP contribution in [-0.4, -0.2) is 65.3 Å². The van der Waals surface area contributed by atoms with E-state index in [0.717, 1.165) is 28.3 Å². The van der Waals surface area contributed by atoms with E-state index in [0.29, 0.717) is 47.0 Å². The van der Waals surface area contributed by atoms with Crippen LogP contribution in [0.5, 0.6) is 5.75 Å². The van der Waals surface area contributed by atoms with Crippen molar-refractivity contribution in [2.75, 3.05) is 34.3 Å². The van der Waals surface area contributed by atoms with E-state index in [9.17, 15) is 18.0 Å². The molecule has 0 aliphatic heterocycles. The number of carbonyl (C=O) groups is 1. The van der Waals surface area contributed by atoms with Crippen LogP contribution in [-0.2, 0) is 17.5 Å². The van der Waals surface area contributed by atoms with Crippen LogP contribution in [0.25, 0.3) is 27.3 Å². The van der Waals surface area contributed by atoms with Gasteiger partial charge in [-0.1, -0.05) is 37.3 Å². The summed E-state index contributed by atoms with van der Waals surface area (Å²) in [5.41, 5.74) is 1.75. The quantitative estimate of drug-likeness (QED) is 0.235. The number of likely N-dealkylation sites (N-methyl/N-ethyl adjacent to an activating group) is 1. The van der Waals surface area contributed by atoms with Gasteiger partial charge in [0.15, 0.2) is 0 Å². The fraction of sp³-hybridized carbons (Fsp3) is 0.370. The first-order valence-electron chi connectivity index (χ1n) is 12.1. The molecule has 2 heterocycles. The first-order valence-corrected chi connectivity index (χ1v) is 12.9. The lowest BCUT2D eigenvalue weighted by Crippen LogP contribution is -2.30. The van der Waals surface area contributed by atoms with Crippen LogP contribution in [0.2, 0.25) is 0 Å². The van der Waals surface area contributed by atoms with Crippen LogP contribution in [0.3, 0.4) is 0 Å². The van der Waals surface area contributed by atoms with Crippen LogP contribution in [0, 0.1) is 0 Å². The van der Waals surface area contributed by atoms with Crippen molar-refractivity contribution in [1.29, 1.82) is 0 Å². The first kappa shape index (κ1) is 27.6. The molecule has 202 valence electrons. The number of carbonyl (C=O) groups excluding carboxylic acids is 1. The molecule has 38 heavy (non-hydrogen) atoms. The molecule has 0 radical (unpaired) electrons. The zero-order chi connectivity index (χ0) is 27.6. The molecule has 1 amide bonds. The van der Waals surface area contributed by atoms with Crippen LogP contribution in [0.15, 0.2) is 42.5 Å². The van der Waals surface area contributed by atoms with Gasteiger partial charge in [-0.3, -0.25) is 4.79 Å². The zero-order valence-electron chi connectivity index (χ0n) is 21.9. The molecule has 0 saturated heterocycles. The highest BCUT2D eigenvalue weighted by Crippen LogP contribution is 2.38. The third-order valence-electron chi connectivity index (χ3n) is 6.11. The molecule has 0 atom stereocenters. The number of rotatable bonds is 10. The van der Waals surface area contributed by atoms with Gasteiger partial charge < -0.3 is 14.5 Å². The number of halogens is 3. The Balaban J connectivity index is 1.86. The molecule has 0 aliphatic carbocycles. The second kappa shape index (κ2) is 11.1. The molecule has 2 aromatic carbocycles. The van der Waals surface area contributed by atoms with E-state index in [1.807, 2.05) is 43.3 Å². The van der Waals surface area contributed by atoms with Gasteiger partial charge >= 0.3 is 6.18 Å². The summed E-state index contributed by atoms with van der Waals surface area (Å²) in [5, 5.41) is 5.57. The highest BCUT2D eigenvalue weighted by molar-refractivity contribution is 7.14. The van der Waals surface area contributed by atoms with Gasteiger partial charge in [0.25, 0.3) is 0 Å². The lowest BCUT2D eigenvalue weighted by molar-refractivity contribution is -0.137. The predicted molar refractivity (Wildman–Crippen MR) is 143 cm³/mol. The number of benzene rings is 2. The minimum atomic E-state index is -4.51. The molecule has 0 aliphatic rings. The summed E-state index contributed by atoms with van der Waals surface area (Å²) in [6.07, 6.45) is -3.81. The topological polar surface area (TPSA) is 63.5 Å². The summed E-state index contributed by atoms with van der Waals surface area (Å²) >= 11 is 1.44. The van der Waals surface area contributed by atoms with Gasteiger partial charge in [-0.25, -0.2) is 9.67 Å². The van der Waals surface area contributed by atoms with Crippen molar-refractivity contribution in [1.82, 2.24) is 24.6 Å². The van der Waals surface area contributed by atoms with Gasteiger partial charge in [0.05, 0.1) is 36.1 Å². The largest absolute Gasteiger partial charge is 0.497 e. The van der Waals surface area contributed by atoms with Crippen LogP contribution < -0.4 is 4.74 Å². The Labute approximate surface area is 223 Å². The Hall–Kier alpha value is -3.44. The molecule has 11 heteroatoms. The lowest BCUT2D eigenvalue weighted by atomic mass is 10.1. The maximum absolute atomic E-state index is 13.6. The molecule has 0 N–H and O–H groups in total. The number of fused-ring (bicyclic) bond motifs is 1. The Morgan fingerprint density at radius 2 is 1.89 bits per heavy atom. The summed E-state index contributed by atoms with van der Waals surface area (Å²) in [5.74, 6) is 0.849. The molecular formula is C27H30F3N5O2S. The van der Waals surface area contributed by atoms with Crippen molar-refractivity contribution in [2.24, 2.45) is 0 Å². The van der Waals surface area contributed by atoms with E-state index in [2.05, 4.69) is 13.8 Å². The maximum atomic E-state index is 13.6. The molecule has 0 saturated carbocycles. The predicted octanol–water partition coefficient (Wildman–Crippen LogP) is 5.82. The number of hydrogen-bond donors (Lipinski definition) is 0. The average molecular weight is 546 g/mol. The molecule has 2 aromatic heterocycles. The fourth-order valence-corrected chi connectivity index (χ4v) is 5.14. The van der Waals surface area contributed by atoms with E-state index in [4.69, 9.17) is 14.8 Å². The maximum Gasteiger partial charge on any atom is 0.416 e. The third-order valence-corrected chi connectivity index (χ3v) is 7.44. The standard InChI is InChI=1S/C27H30F3N5O2S/c1-17(2)25-24(18-7-6-8-20(13-18)37-5)31-26(38-25)35-23-10-9-19(27(28,29)30)14-21(23)22(32-35)15-34(16-36)12-11-33(3)4/h6-10,13-14,16-17H,11-12,15H2,1-5H3. The van der Waals surface area contributed by atoms with Crippen LogP contribution in [0.4, 0.5) is 13.2 Å². The number of hydrogen-bond acceptors (Lipinski definition) is 6. The van der Waals surface area contributed by atoms with E-state index in [1.54, 1.807) is 11.8 Å². The normalized spacial score (nSPS) is 12.1. The highest BCUT2D eigenvalue weighted by atomic mass is 32.1. The number of methoxy groups -OCH3 is 1. The minimum Gasteiger partial charge on any atom is -0.497 e. The number of ether oxygens (including phenoxy) is 1.